The number of ether oxygens (including phenoxy) is 3. The molecule has 4 rings (SSSR count). The summed E-state index contributed by atoms with van der Waals surface area (Å²) < 4.78 is 51.9. The molecule has 0 amide bonds. The van der Waals surface area contributed by atoms with Crippen LogP contribution in [-0.2, 0) is 4.74 Å². The second-order valence-corrected chi connectivity index (χ2v) is 7.69. The summed E-state index contributed by atoms with van der Waals surface area (Å²) in [5.74, 6) is 1.96. The number of nitrogens with zero attached hydrogens (tertiary/aromatic N) is 4. The third-order valence-electron chi connectivity index (χ3n) is 4.84. The predicted molar refractivity (Wildman–Crippen MR) is 106 cm³/mol. The van der Waals surface area contributed by atoms with Crippen LogP contribution in [0.1, 0.15) is 6.92 Å². The second kappa shape index (κ2) is 11.3. The average molecular weight is 479 g/mol. The van der Waals surface area contributed by atoms with Gasteiger partial charge < -0.3 is 14.2 Å². The van der Waals surface area contributed by atoms with Crippen molar-refractivity contribution in [2.75, 3.05) is 32.8 Å². The molecular weight excluding hydrogens is 456 g/mol. The van der Waals surface area contributed by atoms with Crippen LogP contribution in [0.3, 0.4) is 0 Å². The van der Waals surface area contributed by atoms with E-state index < -0.39 is 10.2 Å². The van der Waals surface area contributed by atoms with Gasteiger partial charge in [-0.3, -0.25) is 4.48 Å². The van der Waals surface area contributed by atoms with Crippen molar-refractivity contribution >= 4 is 5.95 Å². The monoisotopic (exact) mass is 478 g/mol. The Balaban J connectivity index is 0.000000555. The molecule has 0 bridgehead atoms. The van der Waals surface area contributed by atoms with Crippen molar-refractivity contribution in [3.8, 4) is 23.5 Å². The number of quaternary nitrogens is 1. The first-order valence-electron chi connectivity index (χ1n) is 10.1. The van der Waals surface area contributed by atoms with E-state index in [9.17, 15) is 0 Å². The highest BCUT2D eigenvalue weighted by Gasteiger charge is 2.36. The number of para-hydroxylation sites is 2. The van der Waals surface area contributed by atoms with Gasteiger partial charge in [0.1, 0.15) is 24.6 Å². The smallest absolute Gasteiger partial charge is 0.338 e. The van der Waals surface area contributed by atoms with Crippen molar-refractivity contribution in [1.82, 2.24) is 19.4 Å². The van der Waals surface area contributed by atoms with E-state index in [0.29, 0.717) is 35.1 Å². The van der Waals surface area contributed by atoms with Gasteiger partial charge in [0.2, 0.25) is 0 Å². The van der Waals surface area contributed by atoms with E-state index in [2.05, 4.69) is 21.9 Å². The minimum atomic E-state index is -4.94. The molecule has 11 nitrogen and oxygen atoms in total. The summed E-state index contributed by atoms with van der Waals surface area (Å²) in [4.78, 5) is 13.6. The van der Waals surface area contributed by atoms with Crippen molar-refractivity contribution < 1.29 is 43.1 Å². The fourth-order valence-electron chi connectivity index (χ4n) is 3.17. The molecule has 1 aliphatic heterocycles. The fraction of sp³-hybridized carbons (Fsp3) is 0.286. The average Bonchev–Trinajstić information content (AvgIpc) is 2.80. The van der Waals surface area contributed by atoms with Gasteiger partial charge in [-0.15, -0.1) is 25.2 Å². The molecule has 0 aliphatic carbocycles. The highest BCUT2D eigenvalue weighted by atomic mass is 35.7. The van der Waals surface area contributed by atoms with Crippen LogP contribution < -0.4 is 32.6 Å². The summed E-state index contributed by atoms with van der Waals surface area (Å²) in [5, 5.41) is 0. The lowest BCUT2D eigenvalue weighted by Crippen LogP contribution is -2.68. The SMILES string of the molecule is CC[N+]1(c2nc(Oc3ccccc3)nc(Oc3ccccc3)n2)CCOCC1.[O-][Cl+3]([O-])([O-])[O-]. The van der Waals surface area contributed by atoms with Gasteiger partial charge in [0, 0.05) is 0 Å². The number of rotatable bonds is 6. The van der Waals surface area contributed by atoms with Crippen molar-refractivity contribution in [2.45, 2.75) is 6.92 Å². The largest absolute Gasteiger partial charge is 0.424 e. The lowest BCUT2D eigenvalue weighted by molar-refractivity contribution is -2.00. The lowest BCUT2D eigenvalue weighted by Gasteiger charge is -2.37. The van der Waals surface area contributed by atoms with Crippen molar-refractivity contribution in [2.24, 2.45) is 0 Å². The highest BCUT2D eigenvalue weighted by Crippen LogP contribution is 2.28. The van der Waals surface area contributed by atoms with Crippen molar-refractivity contribution in [1.29, 1.82) is 0 Å². The Morgan fingerprint density at radius 1 is 0.788 bits per heavy atom. The van der Waals surface area contributed by atoms with Crippen LogP contribution in [0, 0.1) is 10.2 Å². The maximum Gasteiger partial charge on any atom is 0.338 e. The summed E-state index contributed by atoms with van der Waals surface area (Å²) in [7, 11) is -4.94. The molecule has 1 fully saturated rings. The quantitative estimate of drug-likeness (QED) is 0.404. The zero-order valence-corrected chi connectivity index (χ0v) is 18.6. The fourth-order valence-corrected chi connectivity index (χ4v) is 3.17. The molecule has 0 spiro atoms. The van der Waals surface area contributed by atoms with Crippen LogP contribution in [0.2, 0.25) is 0 Å². The molecular formula is C21H23ClN4O7. The van der Waals surface area contributed by atoms with E-state index in [1.54, 1.807) is 0 Å². The zero-order valence-electron chi connectivity index (χ0n) is 17.8. The van der Waals surface area contributed by atoms with Crippen LogP contribution >= 0.6 is 0 Å². The van der Waals surface area contributed by atoms with E-state index in [1.165, 1.54) is 0 Å². The molecule has 0 atom stereocenters. The predicted octanol–water partition coefficient (Wildman–Crippen LogP) is -0.942. The minimum absolute atomic E-state index is 0.222. The molecule has 2 aromatic carbocycles. The Hall–Kier alpha value is -2.90. The Morgan fingerprint density at radius 2 is 1.21 bits per heavy atom. The van der Waals surface area contributed by atoms with Crippen LogP contribution in [0.5, 0.6) is 23.5 Å². The number of hydrogen-bond donors (Lipinski definition) is 0. The number of likely N-dealkylation sites (N-methyl/N-ethyl adjacent to an activating group) is 1. The number of hydrogen-bond acceptors (Lipinski definition) is 10. The number of morpholine rings is 1. The van der Waals surface area contributed by atoms with Crippen molar-refractivity contribution in [3.05, 3.63) is 60.7 Å². The molecule has 1 aliphatic rings. The molecule has 1 aromatic heterocycles. The second-order valence-electron chi connectivity index (χ2n) is 6.93. The molecule has 1 saturated heterocycles. The first-order valence-corrected chi connectivity index (χ1v) is 11.3. The van der Waals surface area contributed by atoms with Gasteiger partial charge in [-0.25, -0.2) is 18.6 Å². The van der Waals surface area contributed by atoms with Crippen LogP contribution in [-0.4, -0.2) is 47.8 Å². The molecule has 0 radical (unpaired) electrons. The first kappa shape index (κ1) is 24.7. The maximum absolute atomic E-state index is 8.49. The van der Waals surface area contributed by atoms with Crippen LogP contribution in [0.15, 0.2) is 60.7 Å². The Morgan fingerprint density at radius 3 is 1.61 bits per heavy atom. The molecule has 2 heterocycles. The van der Waals surface area contributed by atoms with Gasteiger partial charge in [0.05, 0.1) is 19.8 Å². The summed E-state index contributed by atoms with van der Waals surface area (Å²) in [5.41, 5.74) is 0. The molecule has 33 heavy (non-hydrogen) atoms. The molecule has 12 heteroatoms. The normalized spacial score (nSPS) is 15.2. The third kappa shape index (κ3) is 7.87. The maximum atomic E-state index is 8.49. The summed E-state index contributed by atoms with van der Waals surface area (Å²) >= 11 is 0. The standard InChI is InChI=1S/C21H23N4O3.ClHO4/c1-2-25(13-15-26-16-14-25)19-22-20(27-17-9-5-3-6-10-17)24-21(23-19)28-18-11-7-4-8-12-18;2-1(3,4)5/h3-12H,2,13-16H2,1H3;(H,2,3,4,5)/q+1;/p-1. The number of benzene rings is 2. The van der Waals surface area contributed by atoms with Crippen molar-refractivity contribution in [3.63, 3.8) is 0 Å². The van der Waals surface area contributed by atoms with Crippen LogP contribution in [0.25, 0.3) is 0 Å². The summed E-state index contributed by atoms with van der Waals surface area (Å²) in [6.07, 6.45) is 0. The van der Waals surface area contributed by atoms with Gasteiger partial charge in [-0.05, 0) is 31.2 Å². The van der Waals surface area contributed by atoms with E-state index in [4.69, 9.17) is 32.8 Å². The van der Waals surface area contributed by atoms with Gasteiger partial charge >= 0.3 is 18.0 Å². The topological polar surface area (TPSA) is 159 Å². The molecule has 0 N–H and O–H groups in total. The van der Waals surface area contributed by atoms with E-state index in [1.807, 2.05) is 60.7 Å². The summed E-state index contributed by atoms with van der Waals surface area (Å²) in [6.45, 7) is 5.92. The van der Waals surface area contributed by atoms with Crippen LogP contribution in [0.4, 0.5) is 5.95 Å². The Labute approximate surface area is 192 Å². The number of halogens is 1. The Kier molecular flexibility index (Phi) is 8.47. The van der Waals surface area contributed by atoms with Gasteiger partial charge in [-0.2, -0.15) is 0 Å². The zero-order chi connectivity index (χ0) is 23.7. The molecule has 3 aromatic rings. The number of aromatic nitrogens is 3. The van der Waals surface area contributed by atoms with Gasteiger partial charge in [0.15, 0.2) is 0 Å². The summed E-state index contributed by atoms with van der Waals surface area (Å²) in [6, 6.07) is 19.4. The Bertz CT molecular complexity index is 935. The third-order valence-corrected chi connectivity index (χ3v) is 4.84. The molecule has 176 valence electrons. The molecule has 0 saturated carbocycles. The minimum Gasteiger partial charge on any atom is -0.424 e. The van der Waals surface area contributed by atoms with E-state index >= 15 is 0 Å². The van der Waals surface area contributed by atoms with Gasteiger partial charge in [0.25, 0.3) is 0 Å². The lowest BCUT2D eigenvalue weighted by atomic mass is 10.3. The van der Waals surface area contributed by atoms with Gasteiger partial charge in [-0.1, -0.05) is 36.4 Å². The first-order chi connectivity index (χ1) is 15.8. The van der Waals surface area contributed by atoms with E-state index in [-0.39, 0.29) is 12.0 Å². The molecule has 0 unspecified atom stereocenters. The van der Waals surface area contributed by atoms with E-state index in [0.717, 1.165) is 19.6 Å². The highest BCUT2D eigenvalue weighted by molar-refractivity contribution is 5.33.